The zero-order valence-corrected chi connectivity index (χ0v) is 12.7. The van der Waals surface area contributed by atoms with Gasteiger partial charge in [-0.2, -0.15) is 12.6 Å². The van der Waals surface area contributed by atoms with Crippen molar-refractivity contribution in [2.75, 3.05) is 46.3 Å². The highest BCUT2D eigenvalue weighted by atomic mass is 32.1. The minimum absolute atomic E-state index is 0.439. The Bertz CT molecular complexity index is 169. The van der Waals surface area contributed by atoms with Gasteiger partial charge in [0.15, 0.2) is 0 Å². The summed E-state index contributed by atoms with van der Waals surface area (Å²) in [6.45, 7) is 8.05. The van der Waals surface area contributed by atoms with Crippen molar-refractivity contribution in [3.63, 3.8) is 0 Å². The van der Waals surface area contributed by atoms with Gasteiger partial charge in [-0.1, -0.05) is 13.3 Å². The van der Waals surface area contributed by atoms with E-state index in [1.165, 1.54) is 12.8 Å². The fourth-order valence-electron chi connectivity index (χ4n) is 2.03. The number of hydrogen-bond acceptors (Lipinski definition) is 4. The van der Waals surface area contributed by atoms with Crippen molar-refractivity contribution in [1.82, 2.24) is 4.90 Å². The molecule has 3 nitrogen and oxygen atoms in total. The summed E-state index contributed by atoms with van der Waals surface area (Å²) in [5, 5.41) is 0. The zero-order chi connectivity index (χ0) is 13.1. The van der Waals surface area contributed by atoms with Gasteiger partial charge in [0.1, 0.15) is 0 Å². The Balaban J connectivity index is 4.23. The van der Waals surface area contributed by atoms with Gasteiger partial charge < -0.3 is 9.47 Å². The van der Waals surface area contributed by atoms with Crippen LogP contribution in [0.25, 0.3) is 0 Å². The van der Waals surface area contributed by atoms with Crippen LogP contribution >= 0.6 is 12.6 Å². The highest BCUT2D eigenvalue weighted by Gasteiger charge is 2.17. The minimum Gasteiger partial charge on any atom is -0.383 e. The first-order valence-electron chi connectivity index (χ1n) is 6.52. The molecule has 0 fully saturated rings. The second-order valence-corrected chi connectivity index (χ2v) is 4.99. The third kappa shape index (κ3) is 8.03. The lowest BCUT2D eigenvalue weighted by Gasteiger charge is -2.31. The Morgan fingerprint density at radius 1 is 1.24 bits per heavy atom. The van der Waals surface area contributed by atoms with Gasteiger partial charge in [-0.15, -0.1) is 0 Å². The van der Waals surface area contributed by atoms with E-state index < -0.39 is 0 Å². The van der Waals surface area contributed by atoms with Gasteiger partial charge >= 0.3 is 0 Å². The monoisotopic (exact) mass is 263 g/mol. The summed E-state index contributed by atoms with van der Waals surface area (Å²) in [5.74, 6) is 1.62. The van der Waals surface area contributed by atoms with Crippen LogP contribution in [0.1, 0.15) is 26.7 Å². The van der Waals surface area contributed by atoms with Crippen LogP contribution < -0.4 is 0 Å². The summed E-state index contributed by atoms with van der Waals surface area (Å²) in [4.78, 5) is 2.45. The average Bonchev–Trinajstić information content (AvgIpc) is 2.33. The van der Waals surface area contributed by atoms with Gasteiger partial charge in [0, 0.05) is 33.4 Å². The Morgan fingerprint density at radius 2 is 1.94 bits per heavy atom. The van der Waals surface area contributed by atoms with E-state index in [4.69, 9.17) is 9.47 Å². The fourth-order valence-corrected chi connectivity index (χ4v) is 2.33. The molecule has 0 amide bonds. The van der Waals surface area contributed by atoms with Crippen LogP contribution in [0.5, 0.6) is 0 Å². The Hall–Kier alpha value is 0.230. The van der Waals surface area contributed by atoms with Gasteiger partial charge in [0.05, 0.1) is 13.2 Å². The predicted octanol–water partition coefficient (Wildman–Crippen LogP) is 2.32. The van der Waals surface area contributed by atoms with Crippen LogP contribution in [0, 0.1) is 5.92 Å². The van der Waals surface area contributed by atoms with E-state index in [-0.39, 0.29) is 0 Å². The normalized spacial score (nSPS) is 15.2. The van der Waals surface area contributed by atoms with Gasteiger partial charge in [0.25, 0.3) is 0 Å². The maximum absolute atomic E-state index is 5.24. The molecule has 0 N–H and O–H groups in total. The second-order valence-electron chi connectivity index (χ2n) is 4.63. The second kappa shape index (κ2) is 11.3. The Kier molecular flexibility index (Phi) is 11.5. The van der Waals surface area contributed by atoms with E-state index in [2.05, 4.69) is 31.4 Å². The van der Waals surface area contributed by atoms with E-state index in [0.717, 1.165) is 32.1 Å². The van der Waals surface area contributed by atoms with E-state index in [1.807, 2.05) is 0 Å². The van der Waals surface area contributed by atoms with Crippen LogP contribution in [0.3, 0.4) is 0 Å². The highest BCUT2D eigenvalue weighted by Crippen LogP contribution is 2.12. The lowest BCUT2D eigenvalue weighted by Crippen LogP contribution is -2.42. The molecule has 0 spiro atoms. The maximum atomic E-state index is 5.24. The molecule has 0 aliphatic heterocycles. The first kappa shape index (κ1) is 17.2. The number of thiol groups is 1. The lowest BCUT2D eigenvalue weighted by atomic mass is 10.0. The molecule has 0 heterocycles. The molecule has 0 saturated heterocycles. The van der Waals surface area contributed by atoms with Gasteiger partial charge in [-0.25, -0.2) is 0 Å². The van der Waals surface area contributed by atoms with Crippen LogP contribution in [0.4, 0.5) is 0 Å². The number of methoxy groups -OCH3 is 2. The molecule has 0 aromatic heterocycles. The lowest BCUT2D eigenvalue weighted by molar-refractivity contribution is 0.0661. The molecule has 0 rings (SSSR count). The Labute approximate surface area is 112 Å². The van der Waals surface area contributed by atoms with E-state index in [9.17, 15) is 0 Å². The fraction of sp³-hybridized carbons (Fsp3) is 1.00. The van der Waals surface area contributed by atoms with E-state index >= 15 is 0 Å². The predicted molar refractivity (Wildman–Crippen MR) is 77.0 cm³/mol. The highest BCUT2D eigenvalue weighted by molar-refractivity contribution is 7.80. The standard InChI is InChI=1S/C13H29NO2S/c1-5-6-13(11-17)9-14(7-8-15-3)12(2)10-16-4/h12-13,17H,5-11H2,1-4H3. The first-order valence-corrected chi connectivity index (χ1v) is 7.15. The van der Waals surface area contributed by atoms with Crippen LogP contribution in [-0.2, 0) is 9.47 Å². The molecule has 4 heteroatoms. The first-order chi connectivity index (χ1) is 8.19. The van der Waals surface area contributed by atoms with E-state index in [0.29, 0.717) is 12.0 Å². The van der Waals surface area contributed by atoms with Gasteiger partial charge in [-0.3, -0.25) is 4.90 Å². The maximum Gasteiger partial charge on any atom is 0.0615 e. The summed E-state index contributed by atoms with van der Waals surface area (Å²) in [6.07, 6.45) is 2.47. The minimum atomic E-state index is 0.439. The molecule has 2 unspecified atom stereocenters. The molecule has 0 aromatic rings. The molecule has 0 bridgehead atoms. The molecule has 17 heavy (non-hydrogen) atoms. The van der Waals surface area contributed by atoms with Crippen LogP contribution in [0.15, 0.2) is 0 Å². The molecule has 104 valence electrons. The number of ether oxygens (including phenoxy) is 2. The van der Waals surface area contributed by atoms with Crippen molar-refractivity contribution < 1.29 is 9.47 Å². The van der Waals surface area contributed by atoms with Crippen molar-refractivity contribution in [2.45, 2.75) is 32.7 Å². The smallest absolute Gasteiger partial charge is 0.0615 e. The van der Waals surface area contributed by atoms with E-state index in [1.54, 1.807) is 14.2 Å². The van der Waals surface area contributed by atoms with Crippen molar-refractivity contribution in [1.29, 1.82) is 0 Å². The molecular weight excluding hydrogens is 234 g/mol. The van der Waals surface area contributed by atoms with Gasteiger partial charge in [-0.05, 0) is 25.0 Å². The largest absolute Gasteiger partial charge is 0.383 e. The molecule has 0 radical (unpaired) electrons. The summed E-state index contributed by atoms with van der Waals surface area (Å²) in [7, 11) is 3.51. The van der Waals surface area contributed by atoms with Crippen LogP contribution in [-0.4, -0.2) is 57.2 Å². The molecule has 0 aliphatic rings. The molecule has 0 saturated carbocycles. The summed E-state index contributed by atoms with van der Waals surface area (Å²) in [5.41, 5.74) is 0. The van der Waals surface area contributed by atoms with Crippen LogP contribution in [0.2, 0.25) is 0 Å². The zero-order valence-electron chi connectivity index (χ0n) is 11.8. The average molecular weight is 263 g/mol. The molecule has 0 aliphatic carbocycles. The van der Waals surface area contributed by atoms with Gasteiger partial charge in [0.2, 0.25) is 0 Å². The molecule has 0 aromatic carbocycles. The third-order valence-corrected chi connectivity index (χ3v) is 3.58. The topological polar surface area (TPSA) is 21.7 Å². The van der Waals surface area contributed by atoms with Crippen molar-refractivity contribution in [3.05, 3.63) is 0 Å². The number of rotatable bonds is 11. The summed E-state index contributed by atoms with van der Waals surface area (Å²) >= 11 is 4.45. The number of hydrogen-bond donors (Lipinski definition) is 1. The SMILES string of the molecule is CCCC(CS)CN(CCOC)C(C)COC. The molecule has 2 atom stereocenters. The van der Waals surface area contributed by atoms with Crippen molar-refractivity contribution >= 4 is 12.6 Å². The number of nitrogens with zero attached hydrogens (tertiary/aromatic N) is 1. The molecular formula is C13H29NO2S. The third-order valence-electron chi connectivity index (χ3n) is 3.06. The Morgan fingerprint density at radius 3 is 2.41 bits per heavy atom. The van der Waals surface area contributed by atoms with Crippen molar-refractivity contribution in [3.8, 4) is 0 Å². The quantitative estimate of drug-likeness (QED) is 0.578. The summed E-state index contributed by atoms with van der Waals surface area (Å²) in [6, 6.07) is 0.439. The summed E-state index contributed by atoms with van der Waals surface area (Å²) < 4.78 is 10.4. The van der Waals surface area contributed by atoms with Crippen molar-refractivity contribution in [2.24, 2.45) is 5.92 Å².